The molecular formula is C17H24F2N2O3. The van der Waals surface area contributed by atoms with Gasteiger partial charge in [0.05, 0.1) is 12.1 Å². The Labute approximate surface area is 140 Å². The molecular weight excluding hydrogens is 318 g/mol. The molecule has 0 aliphatic heterocycles. The Balaban J connectivity index is 1.80. The lowest BCUT2D eigenvalue weighted by atomic mass is 9.87. The average Bonchev–Trinajstić information content (AvgIpc) is 2.52. The zero-order valence-corrected chi connectivity index (χ0v) is 13.7. The predicted octanol–water partition coefficient (Wildman–Crippen LogP) is 3.20. The zero-order chi connectivity index (χ0) is 17.5. The molecule has 0 saturated heterocycles. The van der Waals surface area contributed by atoms with Crippen LogP contribution < -0.4 is 15.4 Å². The highest BCUT2D eigenvalue weighted by molar-refractivity contribution is 5.74. The van der Waals surface area contributed by atoms with Crippen molar-refractivity contribution in [3.8, 4) is 5.75 Å². The molecule has 1 saturated carbocycles. The minimum absolute atomic E-state index is 0.0627. The minimum Gasteiger partial charge on any atom is -0.435 e. The van der Waals surface area contributed by atoms with Crippen molar-refractivity contribution in [2.75, 3.05) is 6.54 Å². The van der Waals surface area contributed by atoms with Crippen molar-refractivity contribution in [2.45, 2.75) is 51.4 Å². The molecule has 7 heteroatoms. The fourth-order valence-corrected chi connectivity index (χ4v) is 2.98. The van der Waals surface area contributed by atoms with Crippen LogP contribution in [0.3, 0.4) is 0 Å². The van der Waals surface area contributed by atoms with E-state index in [-0.39, 0.29) is 29.8 Å². The standard InChI is InChI=1S/C17H24F2N2O3/c1-11(13-5-3-7-15(9-13)24-16(18)19)21-17(23)20-10-12-4-2-6-14(22)8-12/h3,5,7,9,11-12,14,16,22H,2,4,6,8,10H2,1H3,(H2,20,21,23). The first-order chi connectivity index (χ1) is 11.4. The second-order valence-electron chi connectivity index (χ2n) is 6.21. The Bertz CT molecular complexity index is 542. The maximum atomic E-state index is 12.2. The average molecular weight is 342 g/mol. The summed E-state index contributed by atoms with van der Waals surface area (Å²) in [6.45, 7) is -0.590. The number of aliphatic hydroxyl groups is 1. The van der Waals surface area contributed by atoms with Crippen LogP contribution in [0.5, 0.6) is 5.75 Å². The molecule has 24 heavy (non-hydrogen) atoms. The molecule has 2 rings (SSSR count). The van der Waals surface area contributed by atoms with Gasteiger partial charge in [0.25, 0.3) is 0 Å². The maximum Gasteiger partial charge on any atom is 0.387 e. The van der Waals surface area contributed by atoms with Gasteiger partial charge in [-0.05, 0) is 49.8 Å². The van der Waals surface area contributed by atoms with Gasteiger partial charge in [0.2, 0.25) is 0 Å². The van der Waals surface area contributed by atoms with E-state index in [0.717, 1.165) is 19.3 Å². The van der Waals surface area contributed by atoms with Crippen molar-refractivity contribution in [1.29, 1.82) is 0 Å². The molecule has 3 N–H and O–H groups in total. The monoisotopic (exact) mass is 342 g/mol. The van der Waals surface area contributed by atoms with Gasteiger partial charge in [-0.2, -0.15) is 8.78 Å². The molecule has 1 aromatic rings. The first-order valence-corrected chi connectivity index (χ1v) is 8.21. The van der Waals surface area contributed by atoms with Crippen LogP contribution in [0, 0.1) is 5.92 Å². The number of hydrogen-bond donors (Lipinski definition) is 3. The van der Waals surface area contributed by atoms with Crippen molar-refractivity contribution in [1.82, 2.24) is 10.6 Å². The number of halogens is 2. The van der Waals surface area contributed by atoms with Crippen LogP contribution in [0.25, 0.3) is 0 Å². The molecule has 5 nitrogen and oxygen atoms in total. The van der Waals surface area contributed by atoms with Crippen LogP contribution in [0.15, 0.2) is 24.3 Å². The first kappa shape index (κ1) is 18.4. The number of rotatable bonds is 6. The summed E-state index contributed by atoms with van der Waals surface area (Å²) in [6.07, 6.45) is 3.24. The van der Waals surface area contributed by atoms with Gasteiger partial charge < -0.3 is 20.5 Å². The third-order valence-electron chi connectivity index (χ3n) is 4.24. The molecule has 1 aromatic carbocycles. The number of ether oxygens (including phenoxy) is 1. The number of carbonyl (C=O) groups excluding carboxylic acids is 1. The molecule has 3 unspecified atom stereocenters. The van der Waals surface area contributed by atoms with E-state index < -0.39 is 6.61 Å². The van der Waals surface area contributed by atoms with E-state index in [1.165, 1.54) is 12.1 Å². The zero-order valence-electron chi connectivity index (χ0n) is 13.7. The van der Waals surface area contributed by atoms with Gasteiger partial charge >= 0.3 is 12.6 Å². The van der Waals surface area contributed by atoms with E-state index in [2.05, 4.69) is 15.4 Å². The molecule has 0 radical (unpaired) electrons. The van der Waals surface area contributed by atoms with Gasteiger partial charge in [0.1, 0.15) is 5.75 Å². The van der Waals surface area contributed by atoms with Gasteiger partial charge in [0.15, 0.2) is 0 Å². The lowest BCUT2D eigenvalue weighted by Crippen LogP contribution is -2.40. The summed E-state index contributed by atoms with van der Waals surface area (Å²) >= 11 is 0. The fourth-order valence-electron chi connectivity index (χ4n) is 2.98. The summed E-state index contributed by atoms with van der Waals surface area (Å²) in [4.78, 5) is 12.0. The molecule has 1 aliphatic carbocycles. The van der Waals surface area contributed by atoms with E-state index in [1.807, 2.05) is 0 Å². The third kappa shape index (κ3) is 5.96. The molecule has 1 aliphatic rings. The third-order valence-corrected chi connectivity index (χ3v) is 4.24. The van der Waals surface area contributed by atoms with Crippen LogP contribution >= 0.6 is 0 Å². The Hall–Kier alpha value is -1.89. The highest BCUT2D eigenvalue weighted by Gasteiger charge is 2.20. The second kappa shape index (κ2) is 8.82. The van der Waals surface area contributed by atoms with Crippen molar-refractivity contribution in [3.05, 3.63) is 29.8 Å². The lowest BCUT2D eigenvalue weighted by molar-refractivity contribution is -0.0499. The van der Waals surface area contributed by atoms with E-state index in [4.69, 9.17) is 0 Å². The Morgan fingerprint density at radius 2 is 2.21 bits per heavy atom. The summed E-state index contributed by atoms with van der Waals surface area (Å²) in [5.41, 5.74) is 0.677. The number of alkyl halides is 2. The van der Waals surface area contributed by atoms with Crippen LogP contribution in [-0.4, -0.2) is 30.4 Å². The summed E-state index contributed by atoms with van der Waals surface area (Å²) in [5, 5.41) is 15.2. The molecule has 1 fully saturated rings. The predicted molar refractivity (Wildman–Crippen MR) is 86.0 cm³/mol. The molecule has 0 heterocycles. The smallest absolute Gasteiger partial charge is 0.387 e. The Kier molecular flexibility index (Phi) is 6.78. The van der Waals surface area contributed by atoms with Crippen LogP contribution in [-0.2, 0) is 0 Å². The van der Waals surface area contributed by atoms with E-state index in [1.54, 1.807) is 19.1 Å². The van der Waals surface area contributed by atoms with Crippen molar-refractivity contribution >= 4 is 6.03 Å². The highest BCUT2D eigenvalue weighted by atomic mass is 19.3. The summed E-state index contributed by atoms with van der Waals surface area (Å²) < 4.78 is 28.9. The quantitative estimate of drug-likeness (QED) is 0.743. The van der Waals surface area contributed by atoms with Crippen LogP contribution in [0.2, 0.25) is 0 Å². The molecule has 3 atom stereocenters. The normalized spacial score (nSPS) is 22.0. The second-order valence-corrected chi connectivity index (χ2v) is 6.21. The molecule has 2 amide bonds. The van der Waals surface area contributed by atoms with Gasteiger partial charge in [-0.1, -0.05) is 18.6 Å². The molecule has 0 spiro atoms. The van der Waals surface area contributed by atoms with E-state index in [0.29, 0.717) is 18.5 Å². The summed E-state index contributed by atoms with van der Waals surface area (Å²) in [5.74, 6) is 0.352. The summed E-state index contributed by atoms with van der Waals surface area (Å²) in [6, 6.07) is 5.60. The number of carbonyl (C=O) groups is 1. The van der Waals surface area contributed by atoms with Gasteiger partial charge in [-0.15, -0.1) is 0 Å². The Morgan fingerprint density at radius 1 is 1.42 bits per heavy atom. The number of nitrogens with one attached hydrogen (secondary N) is 2. The maximum absolute atomic E-state index is 12.2. The van der Waals surface area contributed by atoms with Gasteiger partial charge in [-0.25, -0.2) is 4.79 Å². The van der Waals surface area contributed by atoms with Crippen LogP contribution in [0.1, 0.15) is 44.2 Å². The highest BCUT2D eigenvalue weighted by Crippen LogP contribution is 2.23. The molecule has 0 bridgehead atoms. The fraction of sp³-hybridized carbons (Fsp3) is 0.588. The Morgan fingerprint density at radius 3 is 2.92 bits per heavy atom. The van der Waals surface area contributed by atoms with E-state index in [9.17, 15) is 18.7 Å². The number of amides is 2. The number of aliphatic hydroxyl groups excluding tert-OH is 1. The van der Waals surface area contributed by atoms with Crippen molar-refractivity contribution in [2.24, 2.45) is 5.92 Å². The topological polar surface area (TPSA) is 70.6 Å². The number of benzene rings is 1. The number of urea groups is 1. The largest absolute Gasteiger partial charge is 0.435 e. The van der Waals surface area contributed by atoms with E-state index >= 15 is 0 Å². The first-order valence-electron chi connectivity index (χ1n) is 8.21. The summed E-state index contributed by atoms with van der Waals surface area (Å²) in [7, 11) is 0. The van der Waals surface area contributed by atoms with Crippen LogP contribution in [0.4, 0.5) is 13.6 Å². The molecule has 0 aromatic heterocycles. The number of hydrogen-bond acceptors (Lipinski definition) is 3. The van der Waals surface area contributed by atoms with Gasteiger partial charge in [0, 0.05) is 6.54 Å². The SMILES string of the molecule is CC(NC(=O)NCC1CCCC(O)C1)c1cccc(OC(F)F)c1. The lowest BCUT2D eigenvalue weighted by Gasteiger charge is -2.26. The molecule has 134 valence electrons. The van der Waals surface area contributed by atoms with Gasteiger partial charge in [-0.3, -0.25) is 0 Å². The van der Waals surface area contributed by atoms with Crippen molar-refractivity contribution < 1.29 is 23.4 Å². The van der Waals surface area contributed by atoms with Crippen molar-refractivity contribution in [3.63, 3.8) is 0 Å². The minimum atomic E-state index is -2.88.